The highest BCUT2D eigenvalue weighted by atomic mass is 16.4. The Morgan fingerprint density at radius 3 is 1.81 bits per heavy atom. The zero-order valence-corrected chi connectivity index (χ0v) is 14.7. The van der Waals surface area contributed by atoms with Crippen LogP contribution in [0.2, 0.25) is 0 Å². The van der Waals surface area contributed by atoms with Crippen molar-refractivity contribution < 1.29 is 9.90 Å². The molecule has 1 unspecified atom stereocenters. The van der Waals surface area contributed by atoms with Crippen molar-refractivity contribution in [2.75, 3.05) is 0 Å². The summed E-state index contributed by atoms with van der Waals surface area (Å²) in [6.45, 7) is 6.59. The first-order valence-corrected chi connectivity index (χ1v) is 9.05. The van der Waals surface area contributed by atoms with Gasteiger partial charge in [-0.15, -0.1) is 0 Å². The van der Waals surface area contributed by atoms with Gasteiger partial charge in [0.05, 0.1) is 0 Å². The zero-order valence-electron chi connectivity index (χ0n) is 14.7. The minimum Gasteiger partial charge on any atom is -0.481 e. The molecule has 128 valence electrons. The Morgan fingerprint density at radius 2 is 1.33 bits per heavy atom. The van der Waals surface area contributed by atoms with Gasteiger partial charge in [0.1, 0.15) is 0 Å². The van der Waals surface area contributed by atoms with Gasteiger partial charge in [0.25, 0.3) is 0 Å². The Hall–Kier alpha value is -0.570. The van der Waals surface area contributed by atoms with E-state index in [2.05, 4.69) is 20.8 Å². The summed E-state index contributed by atoms with van der Waals surface area (Å²) in [6, 6.07) is 0.468. The first-order valence-electron chi connectivity index (χ1n) is 9.05. The Balaban J connectivity index is 0. The van der Waals surface area contributed by atoms with E-state index in [1.165, 1.54) is 64.2 Å². The summed E-state index contributed by atoms with van der Waals surface area (Å²) in [5.74, 6) is -0.663. The molecule has 0 bridgehead atoms. The van der Waals surface area contributed by atoms with Gasteiger partial charge in [-0.1, -0.05) is 78.6 Å². The first kappa shape index (κ1) is 22.7. The highest BCUT2D eigenvalue weighted by molar-refractivity contribution is 5.66. The second-order valence-corrected chi connectivity index (χ2v) is 5.96. The molecule has 0 aromatic heterocycles. The molecule has 3 nitrogen and oxygen atoms in total. The molecule has 0 aliphatic rings. The molecule has 0 fully saturated rings. The zero-order chi connectivity index (χ0) is 16.3. The quantitative estimate of drug-likeness (QED) is 0.440. The molecule has 0 heterocycles. The molecule has 0 rings (SSSR count). The highest BCUT2D eigenvalue weighted by Crippen LogP contribution is 2.08. The van der Waals surface area contributed by atoms with Crippen molar-refractivity contribution in [3.8, 4) is 0 Å². The minimum absolute atomic E-state index is 0.341. The van der Waals surface area contributed by atoms with Crippen molar-refractivity contribution in [2.24, 2.45) is 5.73 Å². The summed E-state index contributed by atoms with van der Waals surface area (Å²) in [6.07, 6.45) is 14.8. The Labute approximate surface area is 132 Å². The lowest BCUT2D eigenvalue weighted by Gasteiger charge is -2.07. The lowest BCUT2D eigenvalue weighted by atomic mass is 10.1. The fourth-order valence-electron chi connectivity index (χ4n) is 2.21. The molecule has 3 N–H and O–H groups in total. The summed E-state index contributed by atoms with van der Waals surface area (Å²) in [7, 11) is 0. The van der Waals surface area contributed by atoms with Crippen LogP contribution in [0.3, 0.4) is 0 Å². The average Bonchev–Trinajstić information content (AvgIpc) is 2.45. The third-order valence-corrected chi connectivity index (χ3v) is 3.58. The van der Waals surface area contributed by atoms with E-state index in [9.17, 15) is 4.79 Å². The van der Waals surface area contributed by atoms with Gasteiger partial charge in [0, 0.05) is 12.5 Å². The van der Waals surface area contributed by atoms with E-state index in [1.54, 1.807) is 0 Å². The standard InChI is InChI=1S/C10H20O2.C8H19N/c1-2-3-4-5-6-7-8-9-10(11)12;1-3-5-7-8(9)6-4-2/h2-9H2,1H3,(H,11,12);8H,3-7,9H2,1-2H3. The predicted molar refractivity (Wildman–Crippen MR) is 92.7 cm³/mol. The SMILES string of the molecule is CCCCC(N)CCC.CCCCCCCCCC(=O)O. The Kier molecular flexibility index (Phi) is 21.0. The molecule has 0 saturated heterocycles. The molecule has 0 spiro atoms. The number of carbonyl (C=O) groups is 1. The minimum atomic E-state index is -0.663. The summed E-state index contributed by atoms with van der Waals surface area (Å²) in [4.78, 5) is 10.1. The van der Waals surface area contributed by atoms with Gasteiger partial charge in [-0.2, -0.15) is 0 Å². The first-order chi connectivity index (χ1) is 10.1. The van der Waals surface area contributed by atoms with Gasteiger partial charge in [-0.05, 0) is 19.3 Å². The maximum Gasteiger partial charge on any atom is 0.303 e. The number of hydrogen-bond acceptors (Lipinski definition) is 2. The van der Waals surface area contributed by atoms with Gasteiger partial charge in [-0.25, -0.2) is 0 Å². The summed E-state index contributed by atoms with van der Waals surface area (Å²) < 4.78 is 0. The van der Waals surface area contributed by atoms with Gasteiger partial charge in [-0.3, -0.25) is 4.79 Å². The third-order valence-electron chi connectivity index (χ3n) is 3.58. The normalized spacial score (nSPS) is 11.6. The second kappa shape index (κ2) is 19.4. The van der Waals surface area contributed by atoms with E-state index in [0.29, 0.717) is 12.5 Å². The molecule has 21 heavy (non-hydrogen) atoms. The van der Waals surface area contributed by atoms with Gasteiger partial charge < -0.3 is 10.8 Å². The number of carboxylic acids is 1. The molecular formula is C18H39NO2. The van der Waals surface area contributed by atoms with Crippen LogP contribution in [0.15, 0.2) is 0 Å². The molecule has 0 saturated carbocycles. The number of rotatable bonds is 13. The molecule has 0 aromatic carbocycles. The van der Waals surface area contributed by atoms with Crippen LogP contribution >= 0.6 is 0 Å². The number of unbranched alkanes of at least 4 members (excludes halogenated alkanes) is 7. The van der Waals surface area contributed by atoms with Crippen molar-refractivity contribution in [3.05, 3.63) is 0 Å². The average molecular weight is 302 g/mol. The van der Waals surface area contributed by atoms with Crippen LogP contribution in [0, 0.1) is 0 Å². The van der Waals surface area contributed by atoms with Crippen LogP contribution < -0.4 is 5.73 Å². The van der Waals surface area contributed by atoms with Crippen molar-refractivity contribution in [3.63, 3.8) is 0 Å². The second-order valence-electron chi connectivity index (χ2n) is 5.96. The van der Waals surface area contributed by atoms with Crippen LogP contribution in [0.25, 0.3) is 0 Å². The predicted octanol–water partition coefficient (Wildman–Crippen LogP) is 5.52. The van der Waals surface area contributed by atoms with Crippen LogP contribution in [0.5, 0.6) is 0 Å². The van der Waals surface area contributed by atoms with E-state index >= 15 is 0 Å². The van der Waals surface area contributed by atoms with E-state index in [0.717, 1.165) is 12.8 Å². The number of carboxylic acid groups (broad SMARTS) is 1. The Bertz CT molecular complexity index is 207. The fourth-order valence-corrected chi connectivity index (χ4v) is 2.21. The van der Waals surface area contributed by atoms with E-state index in [-0.39, 0.29) is 0 Å². The lowest BCUT2D eigenvalue weighted by molar-refractivity contribution is -0.137. The molecule has 0 aliphatic heterocycles. The highest BCUT2D eigenvalue weighted by Gasteiger charge is 1.97. The van der Waals surface area contributed by atoms with Gasteiger partial charge in [0.2, 0.25) is 0 Å². The van der Waals surface area contributed by atoms with Crippen LogP contribution in [-0.4, -0.2) is 17.1 Å². The molecule has 0 amide bonds. The molecule has 0 aromatic rings. The van der Waals surface area contributed by atoms with Crippen molar-refractivity contribution >= 4 is 5.97 Å². The van der Waals surface area contributed by atoms with Crippen LogP contribution in [0.1, 0.15) is 104 Å². The Morgan fingerprint density at radius 1 is 0.810 bits per heavy atom. The molecule has 0 aliphatic carbocycles. The molecular weight excluding hydrogens is 262 g/mol. The van der Waals surface area contributed by atoms with Gasteiger partial charge in [0.15, 0.2) is 0 Å². The third kappa shape index (κ3) is 24.8. The van der Waals surface area contributed by atoms with E-state index in [1.807, 2.05) is 0 Å². The van der Waals surface area contributed by atoms with Crippen LogP contribution in [0.4, 0.5) is 0 Å². The van der Waals surface area contributed by atoms with E-state index < -0.39 is 5.97 Å². The number of aliphatic carboxylic acids is 1. The van der Waals surface area contributed by atoms with E-state index in [4.69, 9.17) is 10.8 Å². The van der Waals surface area contributed by atoms with Gasteiger partial charge >= 0.3 is 5.97 Å². The summed E-state index contributed by atoms with van der Waals surface area (Å²) in [5.41, 5.74) is 5.77. The topological polar surface area (TPSA) is 63.3 Å². The summed E-state index contributed by atoms with van der Waals surface area (Å²) >= 11 is 0. The van der Waals surface area contributed by atoms with Crippen molar-refractivity contribution in [1.82, 2.24) is 0 Å². The summed E-state index contributed by atoms with van der Waals surface area (Å²) in [5, 5.41) is 8.35. The lowest BCUT2D eigenvalue weighted by Crippen LogP contribution is -2.18. The largest absolute Gasteiger partial charge is 0.481 e. The monoisotopic (exact) mass is 301 g/mol. The maximum absolute atomic E-state index is 10.1. The van der Waals surface area contributed by atoms with Crippen molar-refractivity contribution in [2.45, 2.75) is 110 Å². The number of nitrogens with two attached hydrogens (primary N) is 1. The smallest absolute Gasteiger partial charge is 0.303 e. The van der Waals surface area contributed by atoms with Crippen molar-refractivity contribution in [1.29, 1.82) is 0 Å². The fraction of sp³-hybridized carbons (Fsp3) is 0.944. The van der Waals surface area contributed by atoms with Crippen LogP contribution in [-0.2, 0) is 4.79 Å². The molecule has 1 atom stereocenters. The molecule has 3 heteroatoms. The number of hydrogen-bond donors (Lipinski definition) is 2. The molecule has 0 radical (unpaired) electrons. The maximum atomic E-state index is 10.1.